The predicted octanol–water partition coefficient (Wildman–Crippen LogP) is 4.32. The van der Waals surface area contributed by atoms with Gasteiger partial charge in [0, 0.05) is 11.1 Å². The third kappa shape index (κ3) is 3.30. The Morgan fingerprint density at radius 3 is 2.45 bits per heavy atom. The van der Waals surface area contributed by atoms with Gasteiger partial charge in [0.05, 0.1) is 30.7 Å². The number of amidine groups is 1. The summed E-state index contributed by atoms with van der Waals surface area (Å²) in [4.78, 5) is 19.0. The van der Waals surface area contributed by atoms with E-state index in [2.05, 4.69) is 0 Å². The molecule has 0 aromatic heterocycles. The first-order valence-corrected chi connectivity index (χ1v) is 10.1. The summed E-state index contributed by atoms with van der Waals surface area (Å²) >= 11 is 1.40. The molecule has 1 saturated heterocycles. The SMILES string of the molecule is O=C1CSC2=NC3=C(COC/C3=C\c3ccc(F)cc3)C(c3ccc(F)cc3)N12. The number of aliphatic imine (C=N–C) groups is 1. The lowest BCUT2D eigenvalue weighted by molar-refractivity contribution is -0.125. The molecule has 29 heavy (non-hydrogen) atoms. The van der Waals surface area contributed by atoms with Gasteiger partial charge < -0.3 is 4.74 Å². The number of hydrogen-bond donors (Lipinski definition) is 0. The van der Waals surface area contributed by atoms with E-state index in [1.165, 1.54) is 36.0 Å². The average molecular weight is 410 g/mol. The van der Waals surface area contributed by atoms with Crippen LogP contribution in [0.1, 0.15) is 17.2 Å². The zero-order valence-corrected chi connectivity index (χ0v) is 16.1. The largest absolute Gasteiger partial charge is 0.372 e. The number of carbonyl (C=O) groups excluding carboxylic acids is 1. The quantitative estimate of drug-likeness (QED) is 0.741. The topological polar surface area (TPSA) is 41.9 Å². The van der Waals surface area contributed by atoms with Gasteiger partial charge in [0.15, 0.2) is 5.17 Å². The van der Waals surface area contributed by atoms with Gasteiger partial charge in [-0.2, -0.15) is 0 Å². The van der Waals surface area contributed by atoms with Crippen molar-refractivity contribution in [1.29, 1.82) is 0 Å². The van der Waals surface area contributed by atoms with E-state index in [1.54, 1.807) is 29.2 Å². The number of nitrogens with zero attached hydrogens (tertiary/aromatic N) is 2. The highest BCUT2D eigenvalue weighted by atomic mass is 32.2. The van der Waals surface area contributed by atoms with Gasteiger partial charge in [-0.1, -0.05) is 36.0 Å². The summed E-state index contributed by atoms with van der Waals surface area (Å²) in [6, 6.07) is 12.0. The molecule has 3 aliphatic heterocycles. The molecule has 0 N–H and O–H groups in total. The number of thioether (sulfide) groups is 1. The van der Waals surface area contributed by atoms with Crippen LogP contribution in [-0.4, -0.2) is 34.9 Å². The second-order valence-corrected chi connectivity index (χ2v) is 7.93. The first-order valence-electron chi connectivity index (χ1n) is 9.16. The molecule has 0 aliphatic carbocycles. The minimum Gasteiger partial charge on any atom is -0.372 e. The van der Waals surface area contributed by atoms with Crippen molar-refractivity contribution in [2.24, 2.45) is 4.99 Å². The molecule has 2 aromatic carbocycles. The molecule has 1 amide bonds. The Balaban J connectivity index is 1.64. The fourth-order valence-electron chi connectivity index (χ4n) is 3.80. The molecule has 1 fully saturated rings. The van der Waals surface area contributed by atoms with E-state index in [9.17, 15) is 13.6 Å². The molecule has 1 unspecified atom stereocenters. The van der Waals surface area contributed by atoms with Gasteiger partial charge in [0.1, 0.15) is 11.6 Å². The zero-order chi connectivity index (χ0) is 20.0. The number of rotatable bonds is 2. The molecule has 3 heterocycles. The number of ether oxygens (including phenoxy) is 1. The molecule has 4 nitrogen and oxygen atoms in total. The number of carbonyl (C=O) groups is 1. The highest BCUT2D eigenvalue weighted by Gasteiger charge is 2.42. The van der Waals surface area contributed by atoms with Crippen LogP contribution in [0.5, 0.6) is 0 Å². The zero-order valence-electron chi connectivity index (χ0n) is 15.3. The summed E-state index contributed by atoms with van der Waals surface area (Å²) < 4.78 is 32.5. The van der Waals surface area contributed by atoms with Gasteiger partial charge in [0.25, 0.3) is 0 Å². The molecule has 0 spiro atoms. The number of amides is 1. The van der Waals surface area contributed by atoms with E-state index in [1.807, 2.05) is 6.08 Å². The van der Waals surface area contributed by atoms with E-state index in [0.717, 1.165) is 28.0 Å². The van der Waals surface area contributed by atoms with E-state index in [4.69, 9.17) is 9.73 Å². The van der Waals surface area contributed by atoms with Crippen molar-refractivity contribution in [1.82, 2.24) is 4.90 Å². The van der Waals surface area contributed by atoms with Crippen LogP contribution < -0.4 is 0 Å². The Morgan fingerprint density at radius 1 is 1.03 bits per heavy atom. The molecule has 7 heteroatoms. The van der Waals surface area contributed by atoms with Crippen molar-refractivity contribution in [2.75, 3.05) is 19.0 Å². The second kappa shape index (κ2) is 7.24. The monoisotopic (exact) mass is 410 g/mol. The first-order chi connectivity index (χ1) is 14.1. The molecule has 3 aliphatic rings. The summed E-state index contributed by atoms with van der Waals surface area (Å²) in [5, 5.41) is 0.648. The lowest BCUT2D eigenvalue weighted by atomic mass is 9.91. The van der Waals surface area contributed by atoms with Crippen LogP contribution in [0.4, 0.5) is 8.78 Å². The standard InChI is InChI=1S/C22H16F2N2O2S/c23-16-5-1-13(2-6-16)9-15-10-28-11-18-20(15)25-22-26(19(27)12-29-22)21(18)14-3-7-17(24)8-4-14/h1-9,21H,10-12H2/b15-9+. The summed E-state index contributed by atoms with van der Waals surface area (Å²) in [6.45, 7) is 0.713. The van der Waals surface area contributed by atoms with Crippen molar-refractivity contribution in [3.8, 4) is 0 Å². The fourth-order valence-corrected chi connectivity index (χ4v) is 4.69. The van der Waals surface area contributed by atoms with Crippen molar-refractivity contribution in [3.63, 3.8) is 0 Å². The van der Waals surface area contributed by atoms with Crippen LogP contribution in [0.2, 0.25) is 0 Å². The third-order valence-corrected chi connectivity index (χ3v) is 6.05. The molecule has 0 saturated carbocycles. The van der Waals surface area contributed by atoms with Gasteiger partial charge in [-0.05, 0) is 41.5 Å². The second-order valence-electron chi connectivity index (χ2n) is 6.99. The van der Waals surface area contributed by atoms with Crippen molar-refractivity contribution in [3.05, 3.63) is 88.1 Å². The Kier molecular flexibility index (Phi) is 4.56. The Bertz CT molecular complexity index is 1070. The van der Waals surface area contributed by atoms with Crippen molar-refractivity contribution >= 4 is 28.9 Å². The van der Waals surface area contributed by atoms with E-state index >= 15 is 0 Å². The first kappa shape index (κ1) is 18.3. The van der Waals surface area contributed by atoms with Crippen LogP contribution in [0.15, 0.2) is 70.4 Å². The molecule has 146 valence electrons. The highest BCUT2D eigenvalue weighted by molar-refractivity contribution is 8.15. The van der Waals surface area contributed by atoms with Gasteiger partial charge in [-0.3, -0.25) is 9.69 Å². The molecule has 5 rings (SSSR count). The maximum atomic E-state index is 13.5. The molecule has 2 aromatic rings. The summed E-state index contributed by atoms with van der Waals surface area (Å²) in [5.41, 5.74) is 4.19. The third-order valence-electron chi connectivity index (χ3n) is 5.12. The Labute approximate surface area is 170 Å². The number of halogens is 2. The van der Waals surface area contributed by atoms with Crippen LogP contribution in [0, 0.1) is 11.6 Å². The average Bonchev–Trinajstić information content (AvgIpc) is 3.10. The van der Waals surface area contributed by atoms with Crippen molar-refractivity contribution < 1.29 is 18.3 Å². The van der Waals surface area contributed by atoms with E-state index < -0.39 is 0 Å². The molecular weight excluding hydrogens is 394 g/mol. The minimum absolute atomic E-state index is 0.0238. The number of fused-ring (bicyclic) bond motifs is 1. The van der Waals surface area contributed by atoms with Gasteiger partial charge in [-0.15, -0.1) is 0 Å². The predicted molar refractivity (Wildman–Crippen MR) is 108 cm³/mol. The summed E-state index contributed by atoms with van der Waals surface area (Å²) in [6.07, 6.45) is 1.93. The molecule has 1 atom stereocenters. The number of benzene rings is 2. The van der Waals surface area contributed by atoms with E-state index in [-0.39, 0.29) is 23.6 Å². The fraction of sp³-hybridized carbons (Fsp3) is 0.182. The minimum atomic E-state index is -0.377. The lowest BCUT2D eigenvalue weighted by Gasteiger charge is -2.37. The van der Waals surface area contributed by atoms with E-state index in [0.29, 0.717) is 24.1 Å². The van der Waals surface area contributed by atoms with Gasteiger partial charge in [0.2, 0.25) is 5.91 Å². The highest BCUT2D eigenvalue weighted by Crippen LogP contribution is 2.44. The van der Waals surface area contributed by atoms with Crippen LogP contribution >= 0.6 is 11.8 Å². The van der Waals surface area contributed by atoms with Crippen LogP contribution in [0.25, 0.3) is 6.08 Å². The molecule has 0 radical (unpaired) electrons. The van der Waals surface area contributed by atoms with Crippen LogP contribution in [-0.2, 0) is 9.53 Å². The normalized spacial score (nSPS) is 22.6. The Morgan fingerprint density at radius 2 is 1.72 bits per heavy atom. The van der Waals surface area contributed by atoms with Gasteiger partial charge >= 0.3 is 0 Å². The molecular formula is C22H16F2N2O2S. The van der Waals surface area contributed by atoms with Gasteiger partial charge in [-0.25, -0.2) is 13.8 Å². The Hall–Kier alpha value is -2.77. The maximum Gasteiger partial charge on any atom is 0.239 e. The maximum absolute atomic E-state index is 13.5. The summed E-state index contributed by atoms with van der Waals surface area (Å²) in [7, 11) is 0. The molecule has 0 bridgehead atoms. The van der Waals surface area contributed by atoms with Crippen LogP contribution in [0.3, 0.4) is 0 Å². The van der Waals surface area contributed by atoms with Crippen molar-refractivity contribution in [2.45, 2.75) is 6.04 Å². The number of hydrogen-bond acceptors (Lipinski definition) is 4. The smallest absolute Gasteiger partial charge is 0.239 e. The lowest BCUT2D eigenvalue weighted by Crippen LogP contribution is -2.40. The summed E-state index contributed by atoms with van der Waals surface area (Å²) in [5.74, 6) is -0.317.